The van der Waals surface area contributed by atoms with Gasteiger partial charge in [-0.05, 0) is 43.9 Å². The van der Waals surface area contributed by atoms with E-state index in [-0.39, 0.29) is 11.5 Å². The maximum Gasteiger partial charge on any atom is 0.150 e. The van der Waals surface area contributed by atoms with Crippen LogP contribution >= 0.6 is 0 Å². The molecular weight excluding hydrogens is 236 g/mol. The molecule has 0 saturated heterocycles. The molecule has 1 aliphatic rings. The molecule has 1 aliphatic carbocycles. The van der Waals surface area contributed by atoms with Crippen molar-refractivity contribution in [1.82, 2.24) is 0 Å². The fourth-order valence-corrected chi connectivity index (χ4v) is 3.28. The molecule has 0 amide bonds. The largest absolute Gasteiger partial charge is 0.390 e. The second kappa shape index (κ2) is 5.27. The zero-order valence-electron chi connectivity index (χ0n) is 11.3. The van der Waals surface area contributed by atoms with E-state index in [0.29, 0.717) is 18.3 Å². The normalized spacial score (nSPS) is 23.5. The Morgan fingerprint density at radius 3 is 2.12 bits per heavy atom. The van der Waals surface area contributed by atoms with E-state index in [2.05, 4.69) is 13.8 Å². The van der Waals surface area contributed by atoms with E-state index >= 15 is 0 Å². The zero-order valence-corrected chi connectivity index (χ0v) is 12.1. The van der Waals surface area contributed by atoms with Crippen LogP contribution in [0.5, 0.6) is 0 Å². The molecule has 0 spiro atoms. The molecule has 3 nitrogen and oxygen atoms in total. The van der Waals surface area contributed by atoms with Crippen molar-refractivity contribution < 1.29 is 13.5 Å². The smallest absolute Gasteiger partial charge is 0.150 e. The van der Waals surface area contributed by atoms with Crippen LogP contribution in [0.15, 0.2) is 0 Å². The first kappa shape index (κ1) is 15.0. The lowest BCUT2D eigenvalue weighted by Crippen LogP contribution is -2.37. The van der Waals surface area contributed by atoms with Crippen molar-refractivity contribution in [3.63, 3.8) is 0 Å². The van der Waals surface area contributed by atoms with Gasteiger partial charge in [0.15, 0.2) is 0 Å². The molecule has 0 radical (unpaired) electrons. The first-order chi connectivity index (χ1) is 7.68. The van der Waals surface area contributed by atoms with Crippen LogP contribution in [0.25, 0.3) is 0 Å². The summed E-state index contributed by atoms with van der Waals surface area (Å²) in [5, 5.41) is 10.4. The molecule has 0 heterocycles. The van der Waals surface area contributed by atoms with Gasteiger partial charge < -0.3 is 5.11 Å². The topological polar surface area (TPSA) is 54.4 Å². The number of sulfone groups is 1. The van der Waals surface area contributed by atoms with Gasteiger partial charge >= 0.3 is 0 Å². The van der Waals surface area contributed by atoms with Crippen LogP contribution in [0.4, 0.5) is 0 Å². The van der Waals surface area contributed by atoms with Crippen LogP contribution in [0.1, 0.15) is 59.3 Å². The minimum absolute atomic E-state index is 0.207. The molecule has 0 atom stereocenters. The van der Waals surface area contributed by atoms with Crippen LogP contribution < -0.4 is 0 Å². The molecule has 0 aromatic heterocycles. The van der Waals surface area contributed by atoms with Crippen LogP contribution in [0.2, 0.25) is 0 Å². The summed E-state index contributed by atoms with van der Waals surface area (Å²) in [7, 11) is -2.88. The molecule has 1 N–H and O–H groups in total. The van der Waals surface area contributed by atoms with Gasteiger partial charge in [-0.15, -0.1) is 0 Å². The second-order valence-corrected chi connectivity index (χ2v) is 8.70. The predicted octanol–water partition coefficient (Wildman–Crippen LogP) is 2.53. The Labute approximate surface area is 106 Å². The van der Waals surface area contributed by atoms with Gasteiger partial charge in [0, 0.05) is 5.75 Å². The first-order valence-corrected chi connectivity index (χ1v) is 8.43. The highest BCUT2D eigenvalue weighted by Crippen LogP contribution is 2.41. The Balaban J connectivity index is 2.37. The molecular formula is C13H26O3S. The molecule has 0 unspecified atom stereocenters. The summed E-state index contributed by atoms with van der Waals surface area (Å²) in [5.74, 6) is 0.424. The van der Waals surface area contributed by atoms with Crippen molar-refractivity contribution in [2.24, 2.45) is 5.41 Å². The number of hydrogen-bond acceptors (Lipinski definition) is 3. The van der Waals surface area contributed by atoms with Crippen LogP contribution in [0.3, 0.4) is 0 Å². The minimum atomic E-state index is -2.88. The Morgan fingerprint density at radius 2 is 1.65 bits per heavy atom. The molecule has 0 aromatic carbocycles. The van der Waals surface area contributed by atoms with Crippen LogP contribution in [-0.2, 0) is 9.84 Å². The fourth-order valence-electron chi connectivity index (χ4n) is 2.41. The van der Waals surface area contributed by atoms with Gasteiger partial charge in [0.05, 0.1) is 11.4 Å². The number of hydrogen-bond donors (Lipinski definition) is 1. The third-order valence-corrected chi connectivity index (χ3v) is 5.86. The van der Waals surface area contributed by atoms with Gasteiger partial charge in [0.2, 0.25) is 0 Å². The van der Waals surface area contributed by atoms with Crippen molar-refractivity contribution >= 4 is 9.84 Å². The van der Waals surface area contributed by atoms with Gasteiger partial charge in [-0.3, -0.25) is 0 Å². The van der Waals surface area contributed by atoms with E-state index < -0.39 is 15.4 Å². The number of rotatable bonds is 5. The lowest BCUT2D eigenvalue weighted by Gasteiger charge is -2.40. The lowest BCUT2D eigenvalue weighted by atomic mass is 9.70. The minimum Gasteiger partial charge on any atom is -0.390 e. The van der Waals surface area contributed by atoms with Gasteiger partial charge in [0.1, 0.15) is 9.84 Å². The Bertz CT molecular complexity index is 334. The van der Waals surface area contributed by atoms with Gasteiger partial charge in [-0.25, -0.2) is 8.42 Å². The molecule has 0 bridgehead atoms. The average Bonchev–Trinajstić information content (AvgIpc) is 2.23. The van der Waals surface area contributed by atoms with Crippen molar-refractivity contribution in [2.75, 3.05) is 11.5 Å². The SMILES string of the molecule is CCS(=O)(=O)CCCC1(O)CCC(C)(C)CC1. The monoisotopic (exact) mass is 262 g/mol. The van der Waals surface area contributed by atoms with Gasteiger partial charge in [0.25, 0.3) is 0 Å². The van der Waals surface area contributed by atoms with E-state index in [1.807, 2.05) is 0 Å². The maximum atomic E-state index is 11.4. The third-order valence-electron chi connectivity index (χ3n) is 4.07. The van der Waals surface area contributed by atoms with Crippen LogP contribution in [-0.4, -0.2) is 30.6 Å². The van der Waals surface area contributed by atoms with E-state index in [0.717, 1.165) is 25.7 Å². The standard InChI is InChI=1S/C13H26O3S/c1-4-17(15,16)11-5-6-13(14)9-7-12(2,3)8-10-13/h14H,4-11H2,1-3H3. The lowest BCUT2D eigenvalue weighted by molar-refractivity contribution is -0.0323. The van der Waals surface area contributed by atoms with Crippen molar-refractivity contribution in [1.29, 1.82) is 0 Å². The molecule has 17 heavy (non-hydrogen) atoms. The summed E-state index contributed by atoms with van der Waals surface area (Å²) in [6.07, 6.45) is 4.90. The fraction of sp³-hybridized carbons (Fsp3) is 1.00. The summed E-state index contributed by atoms with van der Waals surface area (Å²) in [4.78, 5) is 0. The second-order valence-electron chi connectivity index (χ2n) is 6.23. The summed E-state index contributed by atoms with van der Waals surface area (Å²) >= 11 is 0. The first-order valence-electron chi connectivity index (χ1n) is 6.61. The van der Waals surface area contributed by atoms with E-state index in [1.54, 1.807) is 6.92 Å². The van der Waals surface area contributed by atoms with E-state index in [1.165, 1.54) is 0 Å². The summed E-state index contributed by atoms with van der Waals surface area (Å²) in [6.45, 7) is 6.13. The quantitative estimate of drug-likeness (QED) is 0.828. The average molecular weight is 262 g/mol. The van der Waals surface area contributed by atoms with E-state index in [9.17, 15) is 13.5 Å². The van der Waals surface area contributed by atoms with Crippen LogP contribution in [0, 0.1) is 5.41 Å². The van der Waals surface area contributed by atoms with Crippen molar-refractivity contribution in [3.05, 3.63) is 0 Å². The molecule has 1 rings (SSSR count). The Kier molecular flexibility index (Phi) is 4.64. The van der Waals surface area contributed by atoms with Gasteiger partial charge in [-0.1, -0.05) is 20.8 Å². The third kappa shape index (κ3) is 4.96. The maximum absolute atomic E-state index is 11.4. The predicted molar refractivity (Wildman–Crippen MR) is 70.8 cm³/mol. The van der Waals surface area contributed by atoms with Crippen molar-refractivity contribution in [3.8, 4) is 0 Å². The summed E-state index contributed by atoms with van der Waals surface area (Å²) < 4.78 is 22.7. The number of aliphatic hydroxyl groups is 1. The van der Waals surface area contributed by atoms with E-state index in [4.69, 9.17) is 0 Å². The molecule has 0 aromatic rings. The molecule has 1 fully saturated rings. The summed E-state index contributed by atoms with van der Waals surface area (Å²) in [6, 6.07) is 0. The van der Waals surface area contributed by atoms with Gasteiger partial charge in [-0.2, -0.15) is 0 Å². The Morgan fingerprint density at radius 1 is 1.12 bits per heavy atom. The highest BCUT2D eigenvalue weighted by molar-refractivity contribution is 7.91. The molecule has 102 valence electrons. The molecule has 0 aliphatic heterocycles. The van der Waals surface area contributed by atoms with Crippen molar-refractivity contribution in [2.45, 2.75) is 64.9 Å². The zero-order chi connectivity index (χ0) is 13.2. The highest BCUT2D eigenvalue weighted by atomic mass is 32.2. The molecule has 1 saturated carbocycles. The Hall–Kier alpha value is -0.0900. The highest BCUT2D eigenvalue weighted by Gasteiger charge is 2.36. The summed E-state index contributed by atoms with van der Waals surface area (Å²) in [5.41, 5.74) is -0.277. The molecule has 4 heteroatoms.